The van der Waals surface area contributed by atoms with Crippen molar-refractivity contribution in [2.45, 2.75) is 32.6 Å². The van der Waals surface area contributed by atoms with Crippen LogP contribution in [0.3, 0.4) is 0 Å². The maximum Gasteiger partial charge on any atom is 0.191 e. The van der Waals surface area contributed by atoms with Crippen LogP contribution < -0.4 is 10.6 Å². The number of benzene rings is 1. The number of hydrogen-bond acceptors (Lipinski definition) is 4. The molecule has 0 aliphatic heterocycles. The molecule has 0 atom stereocenters. The molecule has 1 aromatic carbocycles. The van der Waals surface area contributed by atoms with Crippen molar-refractivity contribution in [2.75, 3.05) is 31.9 Å². The van der Waals surface area contributed by atoms with E-state index in [0.29, 0.717) is 25.5 Å². The summed E-state index contributed by atoms with van der Waals surface area (Å²) < 4.78 is 36.1. The molecule has 0 bridgehead atoms. The van der Waals surface area contributed by atoms with E-state index in [1.54, 1.807) is 30.9 Å². The summed E-state index contributed by atoms with van der Waals surface area (Å²) in [5, 5.41) is 6.48. The first-order valence-corrected chi connectivity index (χ1v) is 11.9. The lowest BCUT2D eigenvalue weighted by Crippen LogP contribution is -2.42. The second kappa shape index (κ2) is 12.1. The topological polar surface area (TPSA) is 70.6 Å². The third-order valence-corrected chi connectivity index (χ3v) is 5.57. The van der Waals surface area contributed by atoms with Crippen LogP contribution in [-0.2, 0) is 22.1 Å². The summed E-state index contributed by atoms with van der Waals surface area (Å²) >= 11 is 1.65. The molecule has 0 aliphatic carbocycles. The molecule has 0 heterocycles. The van der Waals surface area contributed by atoms with E-state index in [1.165, 1.54) is 12.3 Å². The van der Waals surface area contributed by atoms with Gasteiger partial charge in [0.05, 0.1) is 5.75 Å². The molecule has 0 spiro atoms. The number of guanidine groups is 1. The van der Waals surface area contributed by atoms with E-state index < -0.39 is 9.84 Å². The summed E-state index contributed by atoms with van der Waals surface area (Å²) in [6.07, 6.45) is 3.82. The predicted molar refractivity (Wildman–Crippen MR) is 125 cm³/mol. The van der Waals surface area contributed by atoms with Gasteiger partial charge in [0, 0.05) is 32.1 Å². The van der Waals surface area contributed by atoms with Gasteiger partial charge in [-0.3, -0.25) is 4.99 Å². The molecule has 2 N–H and O–H groups in total. The van der Waals surface area contributed by atoms with Gasteiger partial charge in [-0.2, -0.15) is 11.8 Å². The molecule has 0 amide bonds. The molecule has 0 fully saturated rings. The molecule has 1 aromatic rings. The Morgan fingerprint density at radius 1 is 1.26 bits per heavy atom. The van der Waals surface area contributed by atoms with Gasteiger partial charge in [0.15, 0.2) is 5.96 Å². The minimum Gasteiger partial charge on any atom is -0.356 e. The second-order valence-electron chi connectivity index (χ2n) is 7.17. The number of nitrogens with zero attached hydrogens (tertiary/aromatic N) is 1. The van der Waals surface area contributed by atoms with Crippen LogP contribution in [0.2, 0.25) is 0 Å². The highest BCUT2D eigenvalue weighted by Gasteiger charge is 2.20. The normalized spacial score (nSPS) is 12.4. The number of rotatable bonds is 9. The predicted octanol–water partition coefficient (Wildman–Crippen LogP) is 3.43. The Balaban J connectivity index is 0.00000676. The summed E-state index contributed by atoms with van der Waals surface area (Å²) in [5.74, 6) is 1.32. The van der Waals surface area contributed by atoms with Crippen molar-refractivity contribution in [1.29, 1.82) is 0 Å². The minimum absolute atomic E-state index is 0. The van der Waals surface area contributed by atoms with Crippen LogP contribution in [0.15, 0.2) is 23.2 Å². The highest BCUT2D eigenvalue weighted by atomic mass is 127. The van der Waals surface area contributed by atoms with Crippen LogP contribution in [0.4, 0.5) is 4.39 Å². The lowest BCUT2D eigenvalue weighted by atomic mass is 9.90. The van der Waals surface area contributed by atoms with Crippen LogP contribution in [0.1, 0.15) is 31.4 Å². The smallest absolute Gasteiger partial charge is 0.191 e. The quantitative estimate of drug-likeness (QED) is 0.290. The Labute approximate surface area is 184 Å². The molecule has 0 aromatic heterocycles. The number of nitrogens with one attached hydrogen (secondary N) is 2. The van der Waals surface area contributed by atoms with Gasteiger partial charge in [0.2, 0.25) is 0 Å². The van der Waals surface area contributed by atoms with Crippen molar-refractivity contribution < 1.29 is 12.8 Å². The molecule has 5 nitrogen and oxygen atoms in total. The third-order valence-electron chi connectivity index (χ3n) is 4.02. The van der Waals surface area contributed by atoms with Gasteiger partial charge in [-0.25, -0.2) is 12.8 Å². The Bertz CT molecular complexity index is 725. The molecular weight excluding hydrogens is 500 g/mol. The molecule has 0 saturated heterocycles. The number of sulfone groups is 1. The summed E-state index contributed by atoms with van der Waals surface area (Å²) in [6, 6.07) is 4.82. The molecular formula is C18H31FIN3O2S2. The summed E-state index contributed by atoms with van der Waals surface area (Å²) in [6.45, 7) is 5.19. The average molecular weight is 532 g/mol. The van der Waals surface area contributed by atoms with Gasteiger partial charge in [0.1, 0.15) is 15.7 Å². The first kappa shape index (κ1) is 26.4. The molecule has 9 heteroatoms. The standard InChI is InChI=1S/C18H30FN3O2S2.HI/c1-18(2,8-9-26(5,23)24)13-22-17(20-3)21-11-14-6-7-16(19)10-15(14)12-25-4;/h6-7,10H,8-9,11-13H2,1-5H3,(H2,20,21,22);1H. The van der Waals surface area contributed by atoms with E-state index in [4.69, 9.17) is 0 Å². The van der Waals surface area contributed by atoms with E-state index >= 15 is 0 Å². The average Bonchev–Trinajstić information content (AvgIpc) is 2.54. The summed E-state index contributed by atoms with van der Waals surface area (Å²) in [5.41, 5.74) is 1.81. The van der Waals surface area contributed by atoms with Gasteiger partial charge < -0.3 is 10.6 Å². The summed E-state index contributed by atoms with van der Waals surface area (Å²) in [7, 11) is -1.28. The monoisotopic (exact) mass is 531 g/mol. The highest BCUT2D eigenvalue weighted by Crippen LogP contribution is 2.20. The van der Waals surface area contributed by atoms with E-state index in [2.05, 4.69) is 15.6 Å². The minimum atomic E-state index is -2.97. The fourth-order valence-electron chi connectivity index (χ4n) is 2.33. The van der Waals surface area contributed by atoms with Crippen molar-refractivity contribution in [3.63, 3.8) is 0 Å². The van der Waals surface area contributed by atoms with Crippen molar-refractivity contribution >= 4 is 51.5 Å². The molecule has 1 rings (SSSR count). The van der Waals surface area contributed by atoms with Gasteiger partial charge in [0.25, 0.3) is 0 Å². The van der Waals surface area contributed by atoms with E-state index in [0.717, 1.165) is 16.9 Å². The number of thioether (sulfide) groups is 1. The van der Waals surface area contributed by atoms with Crippen LogP contribution in [0.5, 0.6) is 0 Å². The molecule has 0 unspecified atom stereocenters. The first-order valence-electron chi connectivity index (χ1n) is 8.45. The molecule has 27 heavy (non-hydrogen) atoms. The third kappa shape index (κ3) is 11.1. The van der Waals surface area contributed by atoms with Gasteiger partial charge in [-0.1, -0.05) is 19.9 Å². The van der Waals surface area contributed by atoms with Crippen molar-refractivity contribution in [3.8, 4) is 0 Å². The maximum absolute atomic E-state index is 13.4. The Morgan fingerprint density at radius 2 is 1.93 bits per heavy atom. The zero-order chi connectivity index (χ0) is 19.8. The molecule has 0 saturated carbocycles. The van der Waals surface area contributed by atoms with Crippen LogP contribution >= 0.6 is 35.7 Å². The van der Waals surface area contributed by atoms with Crippen LogP contribution in [0.25, 0.3) is 0 Å². The lowest BCUT2D eigenvalue weighted by Gasteiger charge is -2.26. The van der Waals surface area contributed by atoms with Gasteiger partial charge in [-0.05, 0) is 41.4 Å². The van der Waals surface area contributed by atoms with E-state index in [9.17, 15) is 12.8 Å². The summed E-state index contributed by atoms with van der Waals surface area (Å²) in [4.78, 5) is 4.21. The highest BCUT2D eigenvalue weighted by molar-refractivity contribution is 14.0. The number of halogens is 2. The fraction of sp³-hybridized carbons (Fsp3) is 0.611. The fourth-order valence-corrected chi connectivity index (χ4v) is 3.83. The molecule has 0 aliphatic rings. The van der Waals surface area contributed by atoms with Gasteiger partial charge >= 0.3 is 0 Å². The van der Waals surface area contributed by atoms with Crippen molar-refractivity contribution in [3.05, 3.63) is 35.1 Å². The van der Waals surface area contributed by atoms with Crippen molar-refractivity contribution in [2.24, 2.45) is 10.4 Å². The Hall–Kier alpha value is -0.550. The van der Waals surface area contributed by atoms with Crippen molar-refractivity contribution in [1.82, 2.24) is 10.6 Å². The zero-order valence-corrected chi connectivity index (χ0v) is 20.6. The van der Waals surface area contributed by atoms with E-state index in [-0.39, 0.29) is 41.0 Å². The van der Waals surface area contributed by atoms with Crippen LogP contribution in [0, 0.1) is 11.2 Å². The Kier molecular flexibility index (Phi) is 11.9. The van der Waals surface area contributed by atoms with Gasteiger partial charge in [-0.15, -0.1) is 24.0 Å². The Morgan fingerprint density at radius 3 is 2.48 bits per heavy atom. The first-order chi connectivity index (χ1) is 12.1. The van der Waals surface area contributed by atoms with Crippen LogP contribution in [-0.4, -0.2) is 46.2 Å². The number of aliphatic imine (C=N–C) groups is 1. The number of hydrogen-bond donors (Lipinski definition) is 2. The molecule has 156 valence electrons. The largest absolute Gasteiger partial charge is 0.356 e. The lowest BCUT2D eigenvalue weighted by molar-refractivity contribution is 0.348. The SMILES string of the molecule is CN=C(NCc1ccc(F)cc1CSC)NCC(C)(C)CCS(C)(=O)=O.I. The van der Waals surface area contributed by atoms with E-state index in [1.807, 2.05) is 20.1 Å². The molecule has 0 radical (unpaired) electrons. The maximum atomic E-state index is 13.4. The second-order valence-corrected chi connectivity index (χ2v) is 10.3. The zero-order valence-electron chi connectivity index (χ0n) is 16.6.